The Bertz CT molecular complexity index is 3740. The molecule has 0 N–H and O–H groups in total. The number of rotatable bonds is 7. The highest BCUT2D eigenvalue weighted by Gasteiger charge is 2.17. The van der Waals surface area contributed by atoms with Crippen LogP contribution in [-0.2, 0) is 0 Å². The second kappa shape index (κ2) is 14.6. The van der Waals surface area contributed by atoms with Gasteiger partial charge in [0.1, 0.15) is 0 Å². The van der Waals surface area contributed by atoms with E-state index in [9.17, 15) is 11.0 Å². The van der Waals surface area contributed by atoms with Crippen LogP contribution in [0.15, 0.2) is 236 Å². The molecular weight excluding hydrogens is 711 g/mol. The highest BCUT2D eigenvalue weighted by Crippen LogP contribution is 2.42. The third kappa shape index (κ3) is 6.30. The van der Waals surface area contributed by atoms with Crippen molar-refractivity contribution in [1.29, 1.82) is 0 Å². The predicted molar refractivity (Wildman–Crippen MR) is 253 cm³/mol. The van der Waals surface area contributed by atoms with Gasteiger partial charge in [-0.25, -0.2) is 0 Å². The van der Waals surface area contributed by atoms with Crippen LogP contribution in [0.5, 0.6) is 0 Å². The summed E-state index contributed by atoms with van der Waals surface area (Å²) in [5.74, 6) is 0. The third-order valence-corrected chi connectivity index (χ3v) is 11.2. The molecule has 59 heavy (non-hydrogen) atoms. The molecule has 0 fully saturated rings. The largest absolute Gasteiger partial charge is 0.310 e. The third-order valence-electron chi connectivity index (χ3n) is 11.2. The van der Waals surface area contributed by atoms with Gasteiger partial charge < -0.3 is 4.90 Å². The molecule has 0 radical (unpaired) electrons. The lowest BCUT2D eigenvalue weighted by atomic mass is 9.93. The van der Waals surface area contributed by atoms with Crippen LogP contribution < -0.4 is 4.90 Å². The minimum atomic E-state index is -0.397. The Kier molecular flexibility index (Phi) is 6.70. The highest BCUT2D eigenvalue weighted by molar-refractivity contribution is 6.15. The van der Waals surface area contributed by atoms with Gasteiger partial charge >= 0.3 is 0 Å². The van der Waals surface area contributed by atoms with E-state index in [4.69, 9.17) is 0 Å². The topological polar surface area (TPSA) is 3.24 Å². The fourth-order valence-corrected chi connectivity index (χ4v) is 8.31. The molecular formula is C58H39N. The molecule has 11 aromatic rings. The standard InChI is InChI=1S/C58H39N/c1-2-13-40(14-3-1)41-25-27-42(28-26-41)43-29-33-48(34-30-43)59(49-35-31-44(32-36-49)57-38-46-15-4-6-19-51(46)53-21-8-10-23-55(53)57)50-18-12-17-45(37-50)58-39-47-16-5-7-20-52(47)54-22-9-11-24-56(54)58/h1-39H/i29D,30D,31D,32D,33D,34D,35D,36D. The van der Waals surface area contributed by atoms with Crippen LogP contribution in [0.2, 0.25) is 0 Å². The molecule has 11 rings (SSSR count). The Hall–Kier alpha value is -7.74. The van der Waals surface area contributed by atoms with E-state index in [0.29, 0.717) is 16.8 Å². The van der Waals surface area contributed by atoms with E-state index in [1.54, 1.807) is 18.2 Å². The van der Waals surface area contributed by atoms with Gasteiger partial charge in [-0.3, -0.25) is 0 Å². The molecule has 1 nitrogen and oxygen atoms in total. The van der Waals surface area contributed by atoms with Gasteiger partial charge in [-0.1, -0.05) is 188 Å². The van der Waals surface area contributed by atoms with Crippen molar-refractivity contribution in [2.24, 2.45) is 0 Å². The predicted octanol–water partition coefficient (Wildman–Crippen LogP) is 16.4. The van der Waals surface area contributed by atoms with E-state index >= 15 is 0 Å². The van der Waals surface area contributed by atoms with Crippen molar-refractivity contribution in [3.05, 3.63) is 236 Å². The molecule has 0 amide bonds. The average Bonchev–Trinajstić information content (AvgIpc) is 3.37. The molecule has 11 aromatic carbocycles. The fraction of sp³-hybridized carbons (Fsp3) is 0. The number of benzene rings is 11. The van der Waals surface area contributed by atoms with E-state index < -0.39 is 24.2 Å². The highest BCUT2D eigenvalue weighted by atomic mass is 15.1. The Morgan fingerprint density at radius 1 is 0.254 bits per heavy atom. The number of fused-ring (bicyclic) bond motifs is 6. The second-order valence-electron chi connectivity index (χ2n) is 14.7. The Morgan fingerprint density at radius 3 is 1.22 bits per heavy atom. The lowest BCUT2D eigenvalue weighted by Crippen LogP contribution is -2.10. The van der Waals surface area contributed by atoms with Crippen LogP contribution in [0, 0.1) is 0 Å². The van der Waals surface area contributed by atoms with Crippen molar-refractivity contribution in [3.63, 3.8) is 0 Å². The van der Waals surface area contributed by atoms with E-state index in [-0.39, 0.29) is 46.7 Å². The summed E-state index contributed by atoms with van der Waals surface area (Å²) in [6, 6.07) is 57.7. The van der Waals surface area contributed by atoms with Crippen LogP contribution in [-0.4, -0.2) is 0 Å². The van der Waals surface area contributed by atoms with Gasteiger partial charge in [0.2, 0.25) is 0 Å². The zero-order chi connectivity index (χ0) is 46.1. The zero-order valence-electron chi connectivity index (χ0n) is 39.8. The van der Waals surface area contributed by atoms with E-state index in [2.05, 4.69) is 30.3 Å². The van der Waals surface area contributed by atoms with Gasteiger partial charge in [-0.05, 0) is 136 Å². The fourth-order valence-electron chi connectivity index (χ4n) is 8.31. The Morgan fingerprint density at radius 2 is 0.661 bits per heavy atom. The quantitative estimate of drug-likeness (QED) is 0.146. The molecule has 0 saturated heterocycles. The number of anilines is 3. The molecule has 0 aliphatic heterocycles. The SMILES string of the molecule is [2H]c1c([2H])c(N(c2cccc(-c3cc4ccccc4c4ccccc34)c2)c2c([2H])c([2H])c(-c3cc4ccccc4c4ccccc34)c([2H])c2[2H])c([2H])c([2H])c1-c1ccc(-c2ccccc2)cc1. The van der Waals surface area contributed by atoms with Gasteiger partial charge in [-0.15, -0.1) is 0 Å². The molecule has 0 atom stereocenters. The van der Waals surface area contributed by atoms with Gasteiger partial charge in [0.05, 0.1) is 11.0 Å². The van der Waals surface area contributed by atoms with Crippen molar-refractivity contribution in [2.75, 3.05) is 4.90 Å². The molecule has 0 heterocycles. The van der Waals surface area contributed by atoms with Crippen LogP contribution >= 0.6 is 0 Å². The lowest BCUT2D eigenvalue weighted by molar-refractivity contribution is 1.28. The van der Waals surface area contributed by atoms with Crippen molar-refractivity contribution in [2.45, 2.75) is 0 Å². The monoisotopic (exact) mass is 757 g/mol. The molecule has 0 aliphatic rings. The van der Waals surface area contributed by atoms with Crippen LogP contribution in [0.25, 0.3) is 87.6 Å². The average molecular weight is 758 g/mol. The zero-order valence-corrected chi connectivity index (χ0v) is 31.8. The summed E-state index contributed by atoms with van der Waals surface area (Å²) in [6.45, 7) is 0. The minimum Gasteiger partial charge on any atom is -0.310 e. The summed E-state index contributed by atoms with van der Waals surface area (Å²) < 4.78 is 77.3. The summed E-state index contributed by atoms with van der Waals surface area (Å²) in [5, 5.41) is 7.74. The molecule has 0 aromatic heterocycles. The van der Waals surface area contributed by atoms with Crippen molar-refractivity contribution in [1.82, 2.24) is 0 Å². The second-order valence-corrected chi connectivity index (χ2v) is 14.7. The molecule has 0 spiro atoms. The summed E-state index contributed by atoms with van der Waals surface area (Å²) in [6.07, 6.45) is 0. The van der Waals surface area contributed by atoms with Gasteiger partial charge in [-0.2, -0.15) is 0 Å². The van der Waals surface area contributed by atoms with Gasteiger partial charge in [0, 0.05) is 17.1 Å². The number of hydrogen-bond donors (Lipinski definition) is 0. The molecule has 276 valence electrons. The molecule has 0 unspecified atom stereocenters. The molecule has 0 aliphatic carbocycles. The Balaban J connectivity index is 1.16. The van der Waals surface area contributed by atoms with Crippen LogP contribution in [0.1, 0.15) is 11.0 Å². The first-order valence-electron chi connectivity index (χ1n) is 23.7. The van der Waals surface area contributed by atoms with Crippen molar-refractivity contribution in [3.8, 4) is 44.5 Å². The first kappa shape index (κ1) is 27.0. The van der Waals surface area contributed by atoms with E-state index in [0.717, 1.165) is 65.3 Å². The van der Waals surface area contributed by atoms with E-state index in [1.165, 1.54) is 4.90 Å². The first-order valence-corrected chi connectivity index (χ1v) is 19.7. The van der Waals surface area contributed by atoms with Crippen molar-refractivity contribution < 1.29 is 11.0 Å². The number of nitrogens with zero attached hydrogens (tertiary/aromatic N) is 1. The molecule has 0 bridgehead atoms. The van der Waals surface area contributed by atoms with Crippen LogP contribution in [0.4, 0.5) is 17.1 Å². The smallest absolute Gasteiger partial charge is 0.0645 e. The van der Waals surface area contributed by atoms with E-state index in [1.807, 2.05) is 140 Å². The molecule has 0 saturated carbocycles. The van der Waals surface area contributed by atoms with Crippen LogP contribution in [0.3, 0.4) is 0 Å². The maximum absolute atomic E-state index is 9.81. The Labute approximate surface area is 356 Å². The van der Waals surface area contributed by atoms with Gasteiger partial charge in [0.25, 0.3) is 0 Å². The van der Waals surface area contributed by atoms with Crippen molar-refractivity contribution >= 4 is 60.2 Å². The first-order chi connectivity index (χ1) is 32.6. The lowest BCUT2D eigenvalue weighted by Gasteiger charge is -2.27. The van der Waals surface area contributed by atoms with Gasteiger partial charge in [0.15, 0.2) is 0 Å². The maximum atomic E-state index is 9.81. The summed E-state index contributed by atoms with van der Waals surface area (Å²) in [7, 11) is 0. The number of hydrogen-bond acceptors (Lipinski definition) is 1. The summed E-state index contributed by atoms with van der Waals surface area (Å²) in [4.78, 5) is 1.39. The summed E-state index contributed by atoms with van der Waals surface area (Å²) in [5.41, 5.74) is 4.79. The normalized spacial score (nSPS) is 13.3. The molecule has 1 heteroatoms. The summed E-state index contributed by atoms with van der Waals surface area (Å²) >= 11 is 0. The minimum absolute atomic E-state index is 0.104. The maximum Gasteiger partial charge on any atom is 0.0645 e.